The maximum Gasteiger partial charge on any atom is 0.241 e. The van der Waals surface area contributed by atoms with Crippen LogP contribution >= 0.6 is 15.9 Å². The van der Waals surface area contributed by atoms with Crippen LogP contribution < -0.4 is 4.90 Å². The zero-order valence-corrected chi connectivity index (χ0v) is 17.7. The summed E-state index contributed by atoms with van der Waals surface area (Å²) in [4.78, 5) is 27.4. The summed E-state index contributed by atoms with van der Waals surface area (Å²) < 4.78 is 3.07. The van der Waals surface area contributed by atoms with E-state index >= 15 is 0 Å². The number of anilines is 1. The first-order valence-electron chi connectivity index (χ1n) is 9.86. The maximum absolute atomic E-state index is 13.3. The van der Waals surface area contributed by atoms with Crippen molar-refractivity contribution >= 4 is 44.3 Å². The van der Waals surface area contributed by atoms with E-state index in [-0.39, 0.29) is 18.2 Å². The second-order valence-corrected chi connectivity index (χ2v) is 8.43. The quantitative estimate of drug-likeness (QED) is 0.379. The van der Waals surface area contributed by atoms with Gasteiger partial charge >= 0.3 is 0 Å². The van der Waals surface area contributed by atoms with Crippen LogP contribution in [0.5, 0.6) is 0 Å². The minimum atomic E-state index is -0.469. The van der Waals surface area contributed by atoms with Gasteiger partial charge in [-0.2, -0.15) is 0 Å². The molecule has 4 aromatic rings. The lowest BCUT2D eigenvalue weighted by Gasteiger charge is -2.15. The van der Waals surface area contributed by atoms with Crippen molar-refractivity contribution in [3.8, 4) is 0 Å². The Hall–Kier alpha value is -3.18. The molecule has 2 heterocycles. The first kappa shape index (κ1) is 18.8. The molecule has 0 radical (unpaired) electrons. The van der Waals surface area contributed by atoms with E-state index in [4.69, 9.17) is 0 Å². The molecule has 0 bridgehead atoms. The zero-order valence-electron chi connectivity index (χ0n) is 16.2. The van der Waals surface area contributed by atoms with Crippen LogP contribution in [0.1, 0.15) is 23.5 Å². The van der Waals surface area contributed by atoms with Crippen molar-refractivity contribution in [1.29, 1.82) is 0 Å². The van der Waals surface area contributed by atoms with Crippen molar-refractivity contribution in [3.05, 3.63) is 101 Å². The van der Waals surface area contributed by atoms with Gasteiger partial charge in [-0.25, -0.2) is 0 Å². The van der Waals surface area contributed by atoms with E-state index in [1.165, 1.54) is 10.5 Å². The van der Waals surface area contributed by atoms with E-state index < -0.39 is 5.92 Å². The summed E-state index contributed by atoms with van der Waals surface area (Å²) in [6, 6.07) is 25.6. The van der Waals surface area contributed by atoms with Crippen molar-refractivity contribution in [2.24, 2.45) is 0 Å². The van der Waals surface area contributed by atoms with Gasteiger partial charge in [0.1, 0.15) is 0 Å². The molecule has 30 heavy (non-hydrogen) atoms. The molecule has 0 aliphatic carbocycles. The van der Waals surface area contributed by atoms with Gasteiger partial charge in [0.05, 0.1) is 11.6 Å². The first-order valence-corrected chi connectivity index (χ1v) is 10.6. The third kappa shape index (κ3) is 3.25. The summed E-state index contributed by atoms with van der Waals surface area (Å²) in [6.45, 7) is 0.715. The Morgan fingerprint density at radius 2 is 1.57 bits per heavy atom. The summed E-state index contributed by atoms with van der Waals surface area (Å²) in [5.41, 5.74) is 3.79. The van der Waals surface area contributed by atoms with Gasteiger partial charge in [0.25, 0.3) is 0 Å². The summed E-state index contributed by atoms with van der Waals surface area (Å²) >= 11 is 3.40. The Balaban J connectivity index is 1.54. The Kier molecular flexibility index (Phi) is 4.75. The van der Waals surface area contributed by atoms with E-state index in [0.29, 0.717) is 12.2 Å². The molecule has 3 aromatic carbocycles. The van der Waals surface area contributed by atoms with Crippen LogP contribution in [0.3, 0.4) is 0 Å². The summed E-state index contributed by atoms with van der Waals surface area (Å²) in [5, 5.41) is 1.03. The molecule has 0 unspecified atom stereocenters. The second kappa shape index (κ2) is 7.58. The highest BCUT2D eigenvalue weighted by Gasteiger charge is 2.41. The average Bonchev–Trinajstić information content (AvgIpc) is 3.26. The van der Waals surface area contributed by atoms with Crippen LogP contribution in [0.2, 0.25) is 0 Å². The van der Waals surface area contributed by atoms with E-state index in [2.05, 4.69) is 38.7 Å². The minimum Gasteiger partial charge on any atom is -0.343 e. The molecular formula is C25H19BrN2O2. The fourth-order valence-corrected chi connectivity index (χ4v) is 4.46. The molecule has 0 N–H and O–H groups in total. The van der Waals surface area contributed by atoms with Gasteiger partial charge in [-0.05, 0) is 41.5 Å². The SMILES string of the molecule is O=C1C[C@@H](c2cn(Cc3ccccc3)c3ccccc23)C(=O)N1c1ccc(Br)cc1. The molecule has 4 nitrogen and oxygen atoms in total. The number of carbonyl (C=O) groups excluding carboxylic acids is 2. The monoisotopic (exact) mass is 458 g/mol. The number of hydrogen-bond donors (Lipinski definition) is 0. The van der Waals surface area contributed by atoms with Crippen LogP contribution in [0.4, 0.5) is 5.69 Å². The standard InChI is InChI=1S/C25H19BrN2O2/c26-18-10-12-19(13-11-18)28-24(29)14-21(25(28)30)22-16-27(15-17-6-2-1-3-7-17)23-9-5-4-8-20(22)23/h1-13,16,21H,14-15H2/t21-/m0/s1. The predicted octanol–water partition coefficient (Wildman–Crippen LogP) is 5.50. The molecule has 1 atom stereocenters. The van der Waals surface area contributed by atoms with Crippen molar-refractivity contribution in [2.45, 2.75) is 18.9 Å². The van der Waals surface area contributed by atoms with Crippen LogP contribution in [0.15, 0.2) is 89.5 Å². The lowest BCUT2D eigenvalue weighted by Crippen LogP contribution is -2.29. The van der Waals surface area contributed by atoms with E-state index in [1.807, 2.05) is 54.7 Å². The maximum atomic E-state index is 13.3. The minimum absolute atomic E-state index is 0.160. The molecule has 1 saturated heterocycles. The Morgan fingerprint density at radius 3 is 2.33 bits per heavy atom. The molecule has 0 spiro atoms. The largest absolute Gasteiger partial charge is 0.343 e. The molecule has 1 aromatic heterocycles. The molecule has 148 valence electrons. The number of carbonyl (C=O) groups is 2. The highest BCUT2D eigenvalue weighted by atomic mass is 79.9. The number of rotatable bonds is 4. The van der Waals surface area contributed by atoms with Gasteiger partial charge in [0.2, 0.25) is 11.8 Å². The van der Waals surface area contributed by atoms with Gasteiger partial charge in [0.15, 0.2) is 0 Å². The smallest absolute Gasteiger partial charge is 0.241 e. The zero-order chi connectivity index (χ0) is 20.7. The van der Waals surface area contributed by atoms with Gasteiger partial charge < -0.3 is 4.57 Å². The number of halogens is 1. The Morgan fingerprint density at radius 1 is 0.867 bits per heavy atom. The molecular weight excluding hydrogens is 440 g/mol. The molecule has 1 fully saturated rings. The first-order chi connectivity index (χ1) is 14.6. The van der Waals surface area contributed by atoms with Crippen LogP contribution in [-0.2, 0) is 16.1 Å². The average molecular weight is 459 g/mol. The lowest BCUT2D eigenvalue weighted by atomic mass is 9.97. The summed E-state index contributed by atoms with van der Waals surface area (Å²) in [5.74, 6) is -0.791. The van der Waals surface area contributed by atoms with E-state index in [9.17, 15) is 9.59 Å². The molecule has 5 rings (SSSR count). The van der Waals surface area contributed by atoms with Crippen LogP contribution in [0, 0.1) is 0 Å². The predicted molar refractivity (Wildman–Crippen MR) is 121 cm³/mol. The highest BCUT2D eigenvalue weighted by Crippen LogP contribution is 2.37. The van der Waals surface area contributed by atoms with Crippen molar-refractivity contribution in [1.82, 2.24) is 4.57 Å². The topological polar surface area (TPSA) is 42.3 Å². The summed E-state index contributed by atoms with van der Waals surface area (Å²) in [7, 11) is 0. The number of imide groups is 1. The number of aromatic nitrogens is 1. The molecule has 2 amide bonds. The Labute approximate surface area is 182 Å². The number of para-hydroxylation sites is 1. The van der Waals surface area contributed by atoms with Gasteiger partial charge in [-0.1, -0.05) is 64.5 Å². The number of amides is 2. The van der Waals surface area contributed by atoms with E-state index in [0.717, 1.165) is 20.9 Å². The lowest BCUT2D eigenvalue weighted by molar-refractivity contribution is -0.121. The van der Waals surface area contributed by atoms with Crippen molar-refractivity contribution in [2.75, 3.05) is 4.90 Å². The van der Waals surface area contributed by atoms with Crippen molar-refractivity contribution in [3.63, 3.8) is 0 Å². The Bertz CT molecular complexity index is 1250. The number of hydrogen-bond acceptors (Lipinski definition) is 2. The van der Waals surface area contributed by atoms with Gasteiger partial charge in [-0.3, -0.25) is 14.5 Å². The second-order valence-electron chi connectivity index (χ2n) is 7.52. The van der Waals surface area contributed by atoms with Crippen LogP contribution in [-0.4, -0.2) is 16.4 Å². The molecule has 1 aliphatic rings. The number of nitrogens with zero attached hydrogens (tertiary/aromatic N) is 2. The number of fused-ring (bicyclic) bond motifs is 1. The van der Waals surface area contributed by atoms with Gasteiger partial charge in [-0.15, -0.1) is 0 Å². The highest BCUT2D eigenvalue weighted by molar-refractivity contribution is 9.10. The fourth-order valence-electron chi connectivity index (χ4n) is 4.20. The molecule has 1 aliphatic heterocycles. The number of benzene rings is 3. The third-order valence-electron chi connectivity index (χ3n) is 5.62. The normalized spacial score (nSPS) is 16.6. The van der Waals surface area contributed by atoms with Gasteiger partial charge in [0, 0.05) is 34.5 Å². The van der Waals surface area contributed by atoms with E-state index in [1.54, 1.807) is 12.1 Å². The molecule has 0 saturated carbocycles. The third-order valence-corrected chi connectivity index (χ3v) is 6.15. The van der Waals surface area contributed by atoms with Crippen LogP contribution in [0.25, 0.3) is 10.9 Å². The van der Waals surface area contributed by atoms with Crippen molar-refractivity contribution < 1.29 is 9.59 Å². The summed E-state index contributed by atoms with van der Waals surface area (Å²) in [6.07, 6.45) is 2.23. The fraction of sp³-hybridized carbons (Fsp3) is 0.120. The molecule has 5 heteroatoms.